The van der Waals surface area contributed by atoms with Gasteiger partial charge in [0.05, 0.1) is 5.25 Å². The molecule has 0 radical (unpaired) electrons. The van der Waals surface area contributed by atoms with E-state index in [1.54, 1.807) is 11.0 Å². The molecule has 136 valence electrons. The Morgan fingerprint density at radius 1 is 1.20 bits per heavy atom. The summed E-state index contributed by atoms with van der Waals surface area (Å²) < 4.78 is 23.1. The fourth-order valence-electron chi connectivity index (χ4n) is 4.56. The number of sulfone groups is 1. The lowest BCUT2D eigenvalue weighted by Crippen LogP contribution is -2.66. The highest BCUT2D eigenvalue weighted by atomic mass is 32.2. The smallest absolute Gasteiger partial charge is 0.261 e. The lowest BCUT2D eigenvalue weighted by Gasteiger charge is -2.58. The molecule has 6 nitrogen and oxygen atoms in total. The molecule has 2 aliphatic carbocycles. The summed E-state index contributed by atoms with van der Waals surface area (Å²) in [4.78, 5) is 29.6. The molecular weight excluding hydrogens is 340 g/mol. The maximum atomic E-state index is 12.7. The molecule has 0 aromatic carbocycles. The molecular formula is C18H24N2O4S. The highest BCUT2D eigenvalue weighted by Crippen LogP contribution is 2.50. The summed E-state index contributed by atoms with van der Waals surface area (Å²) in [6.07, 6.45) is 7.65. The first kappa shape index (κ1) is 16.8. The third-order valence-corrected chi connectivity index (χ3v) is 7.63. The molecule has 4 rings (SSSR count). The number of carbonyl (C=O) groups excluding carboxylic acids is 1. The Balaban J connectivity index is 1.47. The first-order chi connectivity index (χ1) is 11.8. The van der Waals surface area contributed by atoms with Gasteiger partial charge in [-0.25, -0.2) is 8.42 Å². The van der Waals surface area contributed by atoms with Gasteiger partial charge in [-0.15, -0.1) is 0 Å². The molecule has 2 heterocycles. The predicted octanol–water partition coefficient (Wildman–Crippen LogP) is 1.29. The van der Waals surface area contributed by atoms with Crippen LogP contribution in [0.25, 0.3) is 0 Å². The summed E-state index contributed by atoms with van der Waals surface area (Å²) in [6, 6.07) is 1.78. The van der Waals surface area contributed by atoms with Crippen molar-refractivity contribution in [2.75, 3.05) is 19.3 Å². The normalized spacial score (nSPS) is 22.7. The van der Waals surface area contributed by atoms with Gasteiger partial charge in [-0.1, -0.05) is 6.42 Å². The number of aryl methyl sites for hydroxylation is 2. The molecule has 1 aliphatic heterocycles. The van der Waals surface area contributed by atoms with Crippen LogP contribution in [-0.2, 0) is 22.7 Å². The van der Waals surface area contributed by atoms with Gasteiger partial charge in [0, 0.05) is 30.5 Å². The Morgan fingerprint density at radius 3 is 2.56 bits per heavy atom. The summed E-state index contributed by atoms with van der Waals surface area (Å²) in [5.74, 6) is -0.221. The second-order valence-corrected chi connectivity index (χ2v) is 10.4. The first-order valence-corrected chi connectivity index (χ1v) is 11.0. The van der Waals surface area contributed by atoms with Crippen LogP contribution in [0.2, 0.25) is 0 Å². The molecule has 1 aromatic heterocycles. The minimum Gasteiger partial charge on any atom is -0.337 e. The molecule has 1 amide bonds. The molecule has 0 bridgehead atoms. The van der Waals surface area contributed by atoms with Crippen LogP contribution in [0.5, 0.6) is 0 Å². The van der Waals surface area contributed by atoms with Crippen LogP contribution >= 0.6 is 0 Å². The number of rotatable bonds is 2. The fourth-order valence-corrected chi connectivity index (χ4v) is 5.87. The number of H-pyrrole nitrogens is 1. The van der Waals surface area contributed by atoms with E-state index in [9.17, 15) is 18.0 Å². The van der Waals surface area contributed by atoms with E-state index in [0.717, 1.165) is 43.4 Å². The van der Waals surface area contributed by atoms with Crippen molar-refractivity contribution >= 4 is 15.7 Å². The van der Waals surface area contributed by atoms with Crippen LogP contribution in [0.3, 0.4) is 0 Å². The van der Waals surface area contributed by atoms with E-state index in [1.807, 2.05) is 0 Å². The summed E-state index contributed by atoms with van der Waals surface area (Å²) in [7, 11) is -2.98. The van der Waals surface area contributed by atoms with Crippen molar-refractivity contribution in [3.8, 4) is 0 Å². The zero-order valence-corrected chi connectivity index (χ0v) is 15.3. The highest BCUT2D eigenvalue weighted by Gasteiger charge is 2.56. The van der Waals surface area contributed by atoms with Crippen molar-refractivity contribution in [2.24, 2.45) is 5.41 Å². The zero-order chi connectivity index (χ0) is 17.8. The zero-order valence-electron chi connectivity index (χ0n) is 14.5. The third-order valence-electron chi connectivity index (χ3n) is 6.09. The van der Waals surface area contributed by atoms with Crippen molar-refractivity contribution in [1.29, 1.82) is 0 Å². The highest BCUT2D eigenvalue weighted by molar-refractivity contribution is 7.91. The van der Waals surface area contributed by atoms with Gasteiger partial charge in [-0.2, -0.15) is 0 Å². The molecule has 1 N–H and O–H groups in total. The largest absolute Gasteiger partial charge is 0.337 e. The van der Waals surface area contributed by atoms with Crippen LogP contribution in [-0.4, -0.2) is 48.8 Å². The van der Waals surface area contributed by atoms with Gasteiger partial charge in [0.15, 0.2) is 0 Å². The van der Waals surface area contributed by atoms with Crippen LogP contribution in [0.1, 0.15) is 53.7 Å². The molecule has 0 atom stereocenters. The van der Waals surface area contributed by atoms with E-state index in [-0.39, 0.29) is 27.7 Å². The topological polar surface area (TPSA) is 87.3 Å². The van der Waals surface area contributed by atoms with Crippen molar-refractivity contribution in [3.63, 3.8) is 0 Å². The maximum Gasteiger partial charge on any atom is 0.261 e. The lowest BCUT2D eigenvalue weighted by atomic mass is 9.63. The summed E-state index contributed by atoms with van der Waals surface area (Å²) in [5, 5.41) is -0.263. The fraction of sp³-hybridized carbons (Fsp3) is 0.667. The van der Waals surface area contributed by atoms with Gasteiger partial charge in [0.1, 0.15) is 15.4 Å². The Hall–Kier alpha value is -1.63. The van der Waals surface area contributed by atoms with Gasteiger partial charge >= 0.3 is 0 Å². The van der Waals surface area contributed by atoms with E-state index < -0.39 is 9.84 Å². The maximum absolute atomic E-state index is 12.7. The number of amides is 1. The monoisotopic (exact) mass is 364 g/mol. The number of hydrogen-bond donors (Lipinski definition) is 1. The van der Waals surface area contributed by atoms with Crippen LogP contribution < -0.4 is 5.56 Å². The molecule has 3 aliphatic rings. The van der Waals surface area contributed by atoms with Crippen LogP contribution in [0, 0.1) is 5.41 Å². The minimum absolute atomic E-state index is 0.0398. The number of nitrogens with zero attached hydrogens (tertiary/aromatic N) is 1. The summed E-state index contributed by atoms with van der Waals surface area (Å²) >= 11 is 0. The Labute approximate surface area is 147 Å². The quantitative estimate of drug-likeness (QED) is 0.801. The number of fused-ring (bicyclic) bond motifs is 1. The van der Waals surface area contributed by atoms with Gasteiger partial charge in [0.25, 0.3) is 11.5 Å². The summed E-state index contributed by atoms with van der Waals surface area (Å²) in [6.45, 7) is 1.13. The Kier molecular flexibility index (Phi) is 3.83. The second kappa shape index (κ2) is 5.69. The van der Waals surface area contributed by atoms with Gasteiger partial charge in [0.2, 0.25) is 0 Å². The number of aromatic amines is 1. The summed E-state index contributed by atoms with van der Waals surface area (Å²) in [5.41, 5.74) is 1.97. The van der Waals surface area contributed by atoms with Crippen molar-refractivity contribution < 1.29 is 13.2 Å². The predicted molar refractivity (Wildman–Crippen MR) is 94.5 cm³/mol. The second-order valence-electron chi connectivity index (χ2n) is 8.10. The van der Waals surface area contributed by atoms with E-state index >= 15 is 0 Å². The number of nitrogens with one attached hydrogen (secondary N) is 1. The van der Waals surface area contributed by atoms with Gasteiger partial charge in [-0.3, -0.25) is 9.59 Å². The average molecular weight is 364 g/mol. The number of likely N-dealkylation sites (tertiary alicyclic amines) is 1. The third kappa shape index (κ3) is 2.92. The molecule has 2 fully saturated rings. The van der Waals surface area contributed by atoms with Crippen molar-refractivity contribution in [3.05, 3.63) is 33.2 Å². The van der Waals surface area contributed by atoms with Gasteiger partial charge < -0.3 is 9.88 Å². The average Bonchev–Trinajstić information content (AvgIpc) is 2.66. The minimum atomic E-state index is -2.98. The number of hydrogen-bond acceptors (Lipinski definition) is 4. The van der Waals surface area contributed by atoms with Crippen molar-refractivity contribution in [1.82, 2.24) is 9.88 Å². The molecule has 0 unspecified atom stereocenters. The van der Waals surface area contributed by atoms with E-state index in [1.165, 1.54) is 6.26 Å². The molecule has 1 spiro atoms. The Morgan fingerprint density at radius 2 is 1.88 bits per heavy atom. The Bertz CT molecular complexity index is 873. The number of aromatic nitrogens is 1. The molecule has 1 aromatic rings. The number of carbonyl (C=O) groups is 1. The van der Waals surface area contributed by atoms with Crippen LogP contribution in [0.4, 0.5) is 0 Å². The van der Waals surface area contributed by atoms with Crippen molar-refractivity contribution in [2.45, 2.75) is 50.2 Å². The molecule has 25 heavy (non-hydrogen) atoms. The number of pyridine rings is 1. The molecule has 7 heteroatoms. The van der Waals surface area contributed by atoms with E-state index in [4.69, 9.17) is 0 Å². The van der Waals surface area contributed by atoms with E-state index in [0.29, 0.717) is 25.9 Å². The van der Waals surface area contributed by atoms with Gasteiger partial charge in [-0.05, 0) is 50.2 Å². The first-order valence-electron chi connectivity index (χ1n) is 9.01. The van der Waals surface area contributed by atoms with Crippen LogP contribution in [0.15, 0.2) is 10.9 Å². The van der Waals surface area contributed by atoms with E-state index in [2.05, 4.69) is 4.98 Å². The standard InChI is InChI=1S/C18H24N2O4S/c1-25(23,24)13-8-18(9-13)10-20(11-18)17(22)14-7-12-5-3-2-4-6-15(12)19-16(14)21/h7,13H,2-6,8-11H2,1H3,(H,19,21). The lowest BCUT2D eigenvalue weighted by molar-refractivity contribution is -0.0401. The SMILES string of the molecule is CS(=O)(=O)C1CC2(C1)CN(C(=O)c1cc3c([nH]c1=O)CCCCC3)C2. The molecule has 1 saturated carbocycles. The molecule has 1 saturated heterocycles.